The van der Waals surface area contributed by atoms with E-state index in [1.165, 1.54) is 0 Å². The molecule has 0 bridgehead atoms. The summed E-state index contributed by atoms with van der Waals surface area (Å²) in [6, 6.07) is 0.389. The van der Waals surface area contributed by atoms with Gasteiger partial charge in [0.1, 0.15) is 0 Å². The maximum absolute atomic E-state index is 11.8. The van der Waals surface area contributed by atoms with Crippen LogP contribution in [0.4, 0.5) is 4.79 Å². The summed E-state index contributed by atoms with van der Waals surface area (Å²) in [6.07, 6.45) is 3.76. The van der Waals surface area contributed by atoms with Crippen LogP contribution in [0.3, 0.4) is 0 Å². The van der Waals surface area contributed by atoms with Crippen LogP contribution in [-0.4, -0.2) is 43.2 Å². The molecule has 1 fully saturated rings. The SMILES string of the molecule is C=CCNC(=O)N(CCC)C1CCNC1. The zero-order chi connectivity index (χ0) is 11.1. The molecule has 0 aliphatic carbocycles. The van der Waals surface area contributed by atoms with Crippen molar-refractivity contribution in [2.45, 2.75) is 25.8 Å². The monoisotopic (exact) mass is 211 g/mol. The van der Waals surface area contributed by atoms with Gasteiger partial charge in [-0.2, -0.15) is 0 Å². The van der Waals surface area contributed by atoms with Gasteiger partial charge >= 0.3 is 6.03 Å². The lowest BCUT2D eigenvalue weighted by molar-refractivity contribution is 0.179. The largest absolute Gasteiger partial charge is 0.335 e. The number of nitrogens with zero attached hydrogens (tertiary/aromatic N) is 1. The molecule has 0 aromatic carbocycles. The highest BCUT2D eigenvalue weighted by Gasteiger charge is 2.25. The molecule has 15 heavy (non-hydrogen) atoms. The van der Waals surface area contributed by atoms with Crippen LogP contribution < -0.4 is 10.6 Å². The van der Waals surface area contributed by atoms with Gasteiger partial charge < -0.3 is 15.5 Å². The van der Waals surface area contributed by atoms with Crippen molar-refractivity contribution in [3.63, 3.8) is 0 Å². The molecular formula is C11H21N3O. The van der Waals surface area contributed by atoms with Crippen LogP contribution in [0.1, 0.15) is 19.8 Å². The van der Waals surface area contributed by atoms with Gasteiger partial charge in [-0.05, 0) is 19.4 Å². The Kier molecular flexibility index (Phi) is 5.18. The third-order valence-corrected chi connectivity index (χ3v) is 2.60. The molecule has 2 N–H and O–H groups in total. The minimum Gasteiger partial charge on any atom is -0.335 e. The van der Waals surface area contributed by atoms with E-state index in [-0.39, 0.29) is 6.03 Å². The Hall–Kier alpha value is -1.03. The van der Waals surface area contributed by atoms with Gasteiger partial charge in [-0.1, -0.05) is 13.0 Å². The number of amides is 2. The van der Waals surface area contributed by atoms with E-state index in [1.807, 2.05) is 4.90 Å². The van der Waals surface area contributed by atoms with E-state index in [4.69, 9.17) is 0 Å². The van der Waals surface area contributed by atoms with Crippen LogP contribution in [0.25, 0.3) is 0 Å². The summed E-state index contributed by atoms with van der Waals surface area (Å²) in [5.41, 5.74) is 0. The van der Waals surface area contributed by atoms with E-state index in [0.29, 0.717) is 12.6 Å². The van der Waals surface area contributed by atoms with Crippen molar-refractivity contribution in [1.82, 2.24) is 15.5 Å². The second-order valence-electron chi connectivity index (χ2n) is 3.81. The van der Waals surface area contributed by atoms with E-state index in [2.05, 4.69) is 24.1 Å². The number of carbonyl (C=O) groups is 1. The van der Waals surface area contributed by atoms with E-state index >= 15 is 0 Å². The molecule has 1 aliphatic rings. The Labute approximate surface area is 91.7 Å². The predicted molar refractivity (Wildman–Crippen MR) is 61.9 cm³/mol. The van der Waals surface area contributed by atoms with Crippen molar-refractivity contribution >= 4 is 6.03 Å². The molecule has 1 saturated heterocycles. The molecule has 1 aliphatic heterocycles. The van der Waals surface area contributed by atoms with Gasteiger partial charge in [0.05, 0.1) is 0 Å². The second kappa shape index (κ2) is 6.45. The molecule has 4 nitrogen and oxygen atoms in total. The summed E-state index contributed by atoms with van der Waals surface area (Å²) >= 11 is 0. The van der Waals surface area contributed by atoms with Gasteiger partial charge in [-0.15, -0.1) is 6.58 Å². The quantitative estimate of drug-likeness (QED) is 0.665. The van der Waals surface area contributed by atoms with Crippen LogP contribution in [0.5, 0.6) is 0 Å². The molecule has 0 saturated carbocycles. The molecule has 1 atom stereocenters. The maximum atomic E-state index is 11.8. The van der Waals surface area contributed by atoms with Crippen molar-refractivity contribution in [1.29, 1.82) is 0 Å². The lowest BCUT2D eigenvalue weighted by atomic mass is 10.2. The molecule has 0 radical (unpaired) electrons. The normalized spacial score (nSPS) is 19.9. The summed E-state index contributed by atoms with van der Waals surface area (Å²) < 4.78 is 0. The summed E-state index contributed by atoms with van der Waals surface area (Å²) in [5.74, 6) is 0. The standard InChI is InChI=1S/C11H21N3O/c1-3-6-13-11(15)14(8-4-2)10-5-7-12-9-10/h3,10,12H,1,4-9H2,2H3,(H,13,15). The lowest BCUT2D eigenvalue weighted by Gasteiger charge is -2.28. The number of nitrogens with one attached hydrogen (secondary N) is 2. The summed E-state index contributed by atoms with van der Waals surface area (Å²) in [7, 11) is 0. The third-order valence-electron chi connectivity index (χ3n) is 2.60. The average Bonchev–Trinajstić information content (AvgIpc) is 2.75. The molecule has 86 valence electrons. The first kappa shape index (κ1) is 12.0. The molecule has 0 aromatic rings. The smallest absolute Gasteiger partial charge is 0.317 e. The first-order valence-electron chi connectivity index (χ1n) is 5.65. The fourth-order valence-electron chi connectivity index (χ4n) is 1.86. The van der Waals surface area contributed by atoms with Crippen LogP contribution in [-0.2, 0) is 0 Å². The lowest BCUT2D eigenvalue weighted by Crippen LogP contribution is -2.47. The Bertz CT molecular complexity index is 212. The molecule has 2 amide bonds. The highest BCUT2D eigenvalue weighted by Crippen LogP contribution is 2.09. The van der Waals surface area contributed by atoms with Gasteiger partial charge in [0.25, 0.3) is 0 Å². The number of hydrogen-bond donors (Lipinski definition) is 2. The fraction of sp³-hybridized carbons (Fsp3) is 0.727. The van der Waals surface area contributed by atoms with Crippen molar-refractivity contribution < 1.29 is 4.79 Å². The fourth-order valence-corrected chi connectivity index (χ4v) is 1.86. The Morgan fingerprint density at radius 3 is 3.07 bits per heavy atom. The summed E-state index contributed by atoms with van der Waals surface area (Å²) in [5, 5.41) is 6.12. The van der Waals surface area contributed by atoms with Crippen LogP contribution >= 0.6 is 0 Å². The van der Waals surface area contributed by atoms with Gasteiger partial charge in [-0.3, -0.25) is 0 Å². The molecule has 0 spiro atoms. The maximum Gasteiger partial charge on any atom is 0.317 e. The molecule has 1 unspecified atom stereocenters. The van der Waals surface area contributed by atoms with E-state index < -0.39 is 0 Å². The molecule has 1 rings (SSSR count). The zero-order valence-electron chi connectivity index (χ0n) is 9.46. The number of rotatable bonds is 5. The zero-order valence-corrected chi connectivity index (χ0v) is 9.46. The van der Waals surface area contributed by atoms with Gasteiger partial charge in [0.15, 0.2) is 0 Å². The minimum atomic E-state index is 0.0328. The van der Waals surface area contributed by atoms with Gasteiger partial charge in [0, 0.05) is 25.7 Å². The number of carbonyl (C=O) groups excluding carboxylic acids is 1. The van der Waals surface area contributed by atoms with Crippen molar-refractivity contribution in [2.24, 2.45) is 0 Å². The Balaban J connectivity index is 2.47. The Morgan fingerprint density at radius 1 is 1.73 bits per heavy atom. The van der Waals surface area contributed by atoms with Crippen molar-refractivity contribution in [3.05, 3.63) is 12.7 Å². The summed E-state index contributed by atoms with van der Waals surface area (Å²) in [6.45, 7) is 8.98. The van der Waals surface area contributed by atoms with Crippen molar-refractivity contribution in [2.75, 3.05) is 26.2 Å². The van der Waals surface area contributed by atoms with Crippen LogP contribution in [0, 0.1) is 0 Å². The average molecular weight is 211 g/mol. The predicted octanol–water partition coefficient (Wildman–Crippen LogP) is 0.956. The number of urea groups is 1. The number of hydrogen-bond acceptors (Lipinski definition) is 2. The highest BCUT2D eigenvalue weighted by atomic mass is 16.2. The van der Waals surface area contributed by atoms with Gasteiger partial charge in [0.2, 0.25) is 0 Å². The third kappa shape index (κ3) is 3.55. The first-order valence-corrected chi connectivity index (χ1v) is 5.65. The van der Waals surface area contributed by atoms with Crippen LogP contribution in [0.15, 0.2) is 12.7 Å². The van der Waals surface area contributed by atoms with Crippen molar-refractivity contribution in [3.8, 4) is 0 Å². The summed E-state index contributed by atoms with van der Waals surface area (Å²) in [4.78, 5) is 13.8. The van der Waals surface area contributed by atoms with Gasteiger partial charge in [-0.25, -0.2) is 4.79 Å². The molecule has 0 aromatic heterocycles. The van der Waals surface area contributed by atoms with E-state index in [9.17, 15) is 4.79 Å². The van der Waals surface area contributed by atoms with E-state index in [0.717, 1.165) is 32.5 Å². The van der Waals surface area contributed by atoms with Crippen LogP contribution in [0.2, 0.25) is 0 Å². The minimum absolute atomic E-state index is 0.0328. The molecule has 4 heteroatoms. The topological polar surface area (TPSA) is 44.4 Å². The first-order chi connectivity index (χ1) is 7.29. The second-order valence-corrected chi connectivity index (χ2v) is 3.81. The highest BCUT2D eigenvalue weighted by molar-refractivity contribution is 5.74. The molecule has 1 heterocycles. The molecular weight excluding hydrogens is 190 g/mol. The van der Waals surface area contributed by atoms with E-state index in [1.54, 1.807) is 6.08 Å². The Morgan fingerprint density at radius 2 is 2.53 bits per heavy atom.